The van der Waals surface area contributed by atoms with Gasteiger partial charge in [-0.05, 0) is 24.7 Å². The van der Waals surface area contributed by atoms with Crippen molar-refractivity contribution in [3.8, 4) is 0 Å². The smallest absolute Gasteiger partial charge is 0.221 e. The fraction of sp³-hybridized carbons (Fsp3) is 0.417. The molecular formula is C12H18N2O2. The minimum Gasteiger partial charge on any atom is -0.395 e. The molecule has 4 heteroatoms. The Labute approximate surface area is 95.9 Å². The number of hydrogen-bond donors (Lipinski definition) is 2. The second-order valence-corrected chi connectivity index (χ2v) is 3.84. The lowest BCUT2D eigenvalue weighted by Crippen LogP contribution is -2.21. The number of carbonyl (C=O) groups excluding carboxylic acids is 1. The van der Waals surface area contributed by atoms with Gasteiger partial charge < -0.3 is 10.4 Å². The SMILES string of the molecule is CC(=O)Nc1cccc(CN(C)CCO)c1. The van der Waals surface area contributed by atoms with Crippen LogP contribution in [0.4, 0.5) is 5.69 Å². The number of nitrogens with one attached hydrogen (secondary N) is 1. The summed E-state index contributed by atoms with van der Waals surface area (Å²) >= 11 is 0. The van der Waals surface area contributed by atoms with Gasteiger partial charge in [0, 0.05) is 25.7 Å². The molecular weight excluding hydrogens is 204 g/mol. The highest BCUT2D eigenvalue weighted by atomic mass is 16.3. The van der Waals surface area contributed by atoms with Gasteiger partial charge in [0.1, 0.15) is 0 Å². The molecule has 0 saturated heterocycles. The van der Waals surface area contributed by atoms with Crippen LogP contribution in [0.2, 0.25) is 0 Å². The maximum atomic E-state index is 10.9. The van der Waals surface area contributed by atoms with Crippen molar-refractivity contribution >= 4 is 11.6 Å². The molecule has 4 nitrogen and oxygen atoms in total. The molecule has 0 bridgehead atoms. The van der Waals surface area contributed by atoms with E-state index in [9.17, 15) is 4.79 Å². The van der Waals surface area contributed by atoms with Crippen molar-refractivity contribution in [3.63, 3.8) is 0 Å². The lowest BCUT2D eigenvalue weighted by molar-refractivity contribution is -0.114. The summed E-state index contributed by atoms with van der Waals surface area (Å²) in [5.74, 6) is -0.0686. The minimum atomic E-state index is -0.0686. The molecule has 0 aliphatic carbocycles. The van der Waals surface area contributed by atoms with Crippen LogP contribution in [-0.2, 0) is 11.3 Å². The number of likely N-dealkylation sites (N-methyl/N-ethyl adjacent to an activating group) is 1. The van der Waals surface area contributed by atoms with Crippen molar-refractivity contribution in [2.24, 2.45) is 0 Å². The van der Waals surface area contributed by atoms with Crippen LogP contribution in [-0.4, -0.2) is 36.1 Å². The van der Waals surface area contributed by atoms with Crippen LogP contribution in [0.1, 0.15) is 12.5 Å². The summed E-state index contributed by atoms with van der Waals surface area (Å²) < 4.78 is 0. The maximum absolute atomic E-state index is 10.9. The molecule has 2 N–H and O–H groups in total. The molecule has 0 spiro atoms. The van der Waals surface area contributed by atoms with Gasteiger partial charge in [-0.15, -0.1) is 0 Å². The summed E-state index contributed by atoms with van der Waals surface area (Å²) in [6.07, 6.45) is 0. The third-order valence-electron chi connectivity index (χ3n) is 2.18. The van der Waals surface area contributed by atoms with Crippen molar-refractivity contribution in [2.75, 3.05) is 25.5 Å². The van der Waals surface area contributed by atoms with E-state index in [0.717, 1.165) is 17.8 Å². The van der Waals surface area contributed by atoms with Crippen LogP contribution in [0.5, 0.6) is 0 Å². The molecule has 1 rings (SSSR count). The largest absolute Gasteiger partial charge is 0.395 e. The Morgan fingerprint density at radius 2 is 2.25 bits per heavy atom. The first-order valence-electron chi connectivity index (χ1n) is 5.27. The number of aliphatic hydroxyl groups is 1. The molecule has 0 aliphatic rings. The average Bonchev–Trinajstić information content (AvgIpc) is 2.17. The van der Waals surface area contributed by atoms with Gasteiger partial charge in [-0.25, -0.2) is 0 Å². The number of nitrogens with zero attached hydrogens (tertiary/aromatic N) is 1. The Morgan fingerprint density at radius 1 is 1.50 bits per heavy atom. The Balaban J connectivity index is 2.63. The number of aliphatic hydroxyl groups excluding tert-OH is 1. The number of carbonyl (C=O) groups is 1. The van der Waals surface area contributed by atoms with Crippen LogP contribution < -0.4 is 5.32 Å². The molecule has 16 heavy (non-hydrogen) atoms. The topological polar surface area (TPSA) is 52.6 Å². The molecule has 1 aromatic carbocycles. The summed E-state index contributed by atoms with van der Waals surface area (Å²) in [5, 5.41) is 11.5. The summed E-state index contributed by atoms with van der Waals surface area (Å²) in [4.78, 5) is 12.9. The third kappa shape index (κ3) is 4.42. The average molecular weight is 222 g/mol. The van der Waals surface area contributed by atoms with Gasteiger partial charge >= 0.3 is 0 Å². The van der Waals surface area contributed by atoms with E-state index in [1.807, 2.05) is 36.2 Å². The van der Waals surface area contributed by atoms with Crippen molar-refractivity contribution in [3.05, 3.63) is 29.8 Å². The number of benzene rings is 1. The predicted octanol–water partition coefficient (Wildman–Crippen LogP) is 1.07. The lowest BCUT2D eigenvalue weighted by Gasteiger charge is -2.15. The lowest BCUT2D eigenvalue weighted by atomic mass is 10.2. The predicted molar refractivity (Wildman–Crippen MR) is 64.2 cm³/mol. The van der Waals surface area contributed by atoms with Crippen molar-refractivity contribution < 1.29 is 9.90 Å². The molecule has 0 aromatic heterocycles. The van der Waals surface area contributed by atoms with Crippen LogP contribution in [0.15, 0.2) is 24.3 Å². The van der Waals surface area contributed by atoms with E-state index >= 15 is 0 Å². The number of amides is 1. The van der Waals surface area contributed by atoms with Crippen molar-refractivity contribution in [2.45, 2.75) is 13.5 Å². The van der Waals surface area contributed by atoms with Crippen molar-refractivity contribution in [1.29, 1.82) is 0 Å². The van der Waals surface area contributed by atoms with Gasteiger partial charge in [0.15, 0.2) is 0 Å². The summed E-state index contributed by atoms with van der Waals surface area (Å²) in [6.45, 7) is 3.05. The number of hydrogen-bond acceptors (Lipinski definition) is 3. The Kier molecular flexibility index (Phi) is 4.95. The fourth-order valence-corrected chi connectivity index (χ4v) is 1.51. The second kappa shape index (κ2) is 6.25. The Hall–Kier alpha value is -1.39. The highest BCUT2D eigenvalue weighted by Gasteiger charge is 2.01. The first-order chi connectivity index (χ1) is 7.61. The zero-order chi connectivity index (χ0) is 12.0. The van der Waals surface area contributed by atoms with E-state index in [1.54, 1.807) is 0 Å². The third-order valence-corrected chi connectivity index (χ3v) is 2.18. The van der Waals surface area contributed by atoms with E-state index in [0.29, 0.717) is 6.54 Å². The van der Waals surface area contributed by atoms with E-state index in [4.69, 9.17) is 5.11 Å². The second-order valence-electron chi connectivity index (χ2n) is 3.84. The molecule has 1 amide bonds. The van der Waals surface area contributed by atoms with Crippen LogP contribution >= 0.6 is 0 Å². The zero-order valence-corrected chi connectivity index (χ0v) is 9.73. The maximum Gasteiger partial charge on any atom is 0.221 e. The van der Waals surface area contributed by atoms with Gasteiger partial charge in [-0.3, -0.25) is 9.69 Å². The molecule has 0 saturated carbocycles. The van der Waals surface area contributed by atoms with Crippen molar-refractivity contribution in [1.82, 2.24) is 4.90 Å². The molecule has 88 valence electrons. The quantitative estimate of drug-likeness (QED) is 0.783. The molecule has 0 fully saturated rings. The molecule has 0 unspecified atom stereocenters. The summed E-state index contributed by atoms with van der Waals surface area (Å²) in [7, 11) is 1.95. The minimum absolute atomic E-state index is 0.0686. The van der Waals surface area contributed by atoms with Crippen LogP contribution in [0.3, 0.4) is 0 Å². The van der Waals surface area contributed by atoms with E-state index < -0.39 is 0 Å². The summed E-state index contributed by atoms with van der Waals surface area (Å²) in [5.41, 5.74) is 1.92. The van der Waals surface area contributed by atoms with Crippen LogP contribution in [0.25, 0.3) is 0 Å². The molecule has 1 aromatic rings. The summed E-state index contributed by atoms with van der Waals surface area (Å²) in [6, 6.07) is 7.71. The molecule has 0 aliphatic heterocycles. The van der Waals surface area contributed by atoms with E-state index in [-0.39, 0.29) is 12.5 Å². The zero-order valence-electron chi connectivity index (χ0n) is 9.73. The first kappa shape index (κ1) is 12.7. The van der Waals surface area contributed by atoms with E-state index in [1.165, 1.54) is 6.92 Å². The van der Waals surface area contributed by atoms with Gasteiger partial charge in [0.05, 0.1) is 6.61 Å². The van der Waals surface area contributed by atoms with E-state index in [2.05, 4.69) is 5.32 Å². The Morgan fingerprint density at radius 3 is 2.88 bits per heavy atom. The van der Waals surface area contributed by atoms with Gasteiger partial charge in [0.25, 0.3) is 0 Å². The van der Waals surface area contributed by atoms with Crippen LogP contribution in [0, 0.1) is 0 Å². The van der Waals surface area contributed by atoms with Gasteiger partial charge in [-0.1, -0.05) is 12.1 Å². The van der Waals surface area contributed by atoms with Gasteiger partial charge in [0.2, 0.25) is 5.91 Å². The first-order valence-corrected chi connectivity index (χ1v) is 5.27. The fourth-order valence-electron chi connectivity index (χ4n) is 1.51. The number of rotatable bonds is 5. The molecule has 0 radical (unpaired) electrons. The highest BCUT2D eigenvalue weighted by molar-refractivity contribution is 5.88. The van der Waals surface area contributed by atoms with Gasteiger partial charge in [-0.2, -0.15) is 0 Å². The normalized spacial score (nSPS) is 10.5. The standard InChI is InChI=1S/C12H18N2O2/c1-10(16)13-12-5-3-4-11(8-12)9-14(2)6-7-15/h3-5,8,15H,6-7,9H2,1-2H3,(H,13,16). The molecule has 0 atom stereocenters. The Bertz CT molecular complexity index is 353. The number of anilines is 1. The molecule has 0 heterocycles. The monoisotopic (exact) mass is 222 g/mol. The highest BCUT2D eigenvalue weighted by Crippen LogP contribution is 2.11.